The minimum absolute atomic E-state index is 0.00812. The van der Waals surface area contributed by atoms with Crippen LogP contribution in [0.4, 0.5) is 4.79 Å². The molecule has 2 aliphatic rings. The van der Waals surface area contributed by atoms with Crippen LogP contribution in [0.1, 0.15) is 17.0 Å². The van der Waals surface area contributed by atoms with Crippen LogP contribution in [-0.4, -0.2) is 65.7 Å². The number of amides is 2. The fourth-order valence-corrected chi connectivity index (χ4v) is 3.91. The highest BCUT2D eigenvalue weighted by Gasteiger charge is 2.31. The summed E-state index contributed by atoms with van der Waals surface area (Å²) in [5.74, 6) is -2.42. The van der Waals surface area contributed by atoms with Crippen LogP contribution in [0.3, 0.4) is 0 Å². The molecule has 0 saturated carbocycles. The number of carbonyl (C=O) groups excluding carboxylic acids is 2. The first-order valence-electron chi connectivity index (χ1n) is 9.18. The number of carboxylic acid groups (broad SMARTS) is 1. The number of rotatable bonds is 2. The Labute approximate surface area is 162 Å². The van der Waals surface area contributed by atoms with Crippen molar-refractivity contribution in [2.45, 2.75) is 5.92 Å². The highest BCUT2D eigenvalue weighted by Crippen LogP contribution is 2.44. The summed E-state index contributed by atoms with van der Waals surface area (Å²) in [5, 5.41) is 8.78. The molecule has 1 aliphatic heterocycles. The van der Waals surface area contributed by atoms with Gasteiger partial charge in [0.15, 0.2) is 0 Å². The molecule has 144 valence electrons. The molecule has 0 bridgehead atoms. The van der Waals surface area contributed by atoms with Gasteiger partial charge in [-0.05, 0) is 22.3 Å². The molecule has 2 amide bonds. The van der Waals surface area contributed by atoms with Crippen LogP contribution in [0.25, 0.3) is 11.1 Å². The van der Waals surface area contributed by atoms with Gasteiger partial charge in [0.05, 0.1) is 0 Å². The number of ether oxygens (including phenoxy) is 1. The Morgan fingerprint density at radius 3 is 1.89 bits per heavy atom. The fraction of sp³-hybridized carbons (Fsp3) is 0.286. The van der Waals surface area contributed by atoms with Gasteiger partial charge in [0.2, 0.25) is 0 Å². The van der Waals surface area contributed by atoms with Gasteiger partial charge in [-0.3, -0.25) is 4.79 Å². The van der Waals surface area contributed by atoms with E-state index in [1.807, 2.05) is 24.3 Å². The number of benzene rings is 2. The molecule has 0 unspecified atom stereocenters. The number of hydrogen-bond acceptors (Lipinski definition) is 4. The third-order valence-electron chi connectivity index (χ3n) is 5.34. The summed E-state index contributed by atoms with van der Waals surface area (Å²) in [6.45, 7) is 1.14. The molecule has 1 saturated heterocycles. The maximum Gasteiger partial charge on any atom is 0.409 e. The molecule has 1 N–H and O–H groups in total. The number of carboxylic acids is 1. The highest BCUT2D eigenvalue weighted by molar-refractivity contribution is 6.31. The highest BCUT2D eigenvalue weighted by atomic mass is 16.6. The Balaban J connectivity index is 1.40. The molecule has 28 heavy (non-hydrogen) atoms. The van der Waals surface area contributed by atoms with Crippen molar-refractivity contribution in [3.8, 4) is 11.1 Å². The quantitative estimate of drug-likeness (QED) is 0.807. The first-order valence-corrected chi connectivity index (χ1v) is 9.18. The maximum atomic E-state index is 12.5. The second-order valence-corrected chi connectivity index (χ2v) is 6.89. The van der Waals surface area contributed by atoms with E-state index in [0.29, 0.717) is 0 Å². The zero-order valence-electron chi connectivity index (χ0n) is 15.2. The van der Waals surface area contributed by atoms with E-state index in [9.17, 15) is 14.4 Å². The Kier molecular flexibility index (Phi) is 4.73. The van der Waals surface area contributed by atoms with Crippen molar-refractivity contribution in [1.29, 1.82) is 0 Å². The minimum Gasteiger partial charge on any atom is -0.474 e. The molecule has 4 rings (SSSR count). The Morgan fingerprint density at radius 1 is 0.857 bits per heavy atom. The summed E-state index contributed by atoms with van der Waals surface area (Å²) in [6.07, 6.45) is -0.440. The third-order valence-corrected chi connectivity index (χ3v) is 5.34. The predicted molar refractivity (Wildman–Crippen MR) is 101 cm³/mol. The second kappa shape index (κ2) is 7.34. The second-order valence-electron chi connectivity index (χ2n) is 6.89. The summed E-state index contributed by atoms with van der Waals surface area (Å²) in [5.41, 5.74) is 4.63. The predicted octanol–water partition coefficient (Wildman–Crippen LogP) is 2.16. The lowest BCUT2D eigenvalue weighted by Gasteiger charge is -2.33. The van der Waals surface area contributed by atoms with Crippen molar-refractivity contribution >= 4 is 18.0 Å². The van der Waals surface area contributed by atoms with E-state index in [0.717, 1.165) is 11.1 Å². The average Bonchev–Trinajstić information content (AvgIpc) is 3.05. The molecule has 1 aliphatic carbocycles. The lowest BCUT2D eigenvalue weighted by molar-refractivity contribution is -0.156. The maximum absolute atomic E-state index is 12.5. The van der Waals surface area contributed by atoms with Gasteiger partial charge in [0.25, 0.3) is 0 Å². The van der Waals surface area contributed by atoms with E-state index >= 15 is 0 Å². The van der Waals surface area contributed by atoms with Gasteiger partial charge in [-0.15, -0.1) is 0 Å². The molecule has 0 radical (unpaired) electrons. The summed E-state index contributed by atoms with van der Waals surface area (Å²) < 4.78 is 5.59. The number of hydrogen-bond donors (Lipinski definition) is 1. The lowest BCUT2D eigenvalue weighted by Crippen LogP contribution is -2.52. The zero-order chi connectivity index (χ0) is 19.7. The average molecular weight is 380 g/mol. The SMILES string of the molecule is O=C(O)C(=O)N1CCN(C(=O)OCC2c3ccccc3-c3ccccc32)CC1. The number of carbonyl (C=O) groups is 3. The van der Waals surface area contributed by atoms with Gasteiger partial charge in [-0.2, -0.15) is 0 Å². The van der Waals surface area contributed by atoms with E-state index in [4.69, 9.17) is 9.84 Å². The monoisotopic (exact) mass is 380 g/mol. The normalized spacial score (nSPS) is 15.7. The molecule has 0 aromatic heterocycles. The molecule has 2 aromatic rings. The van der Waals surface area contributed by atoms with Crippen LogP contribution in [0, 0.1) is 0 Å². The van der Waals surface area contributed by atoms with Gasteiger partial charge in [-0.1, -0.05) is 48.5 Å². The van der Waals surface area contributed by atoms with Crippen molar-refractivity contribution in [2.75, 3.05) is 32.8 Å². The zero-order valence-corrected chi connectivity index (χ0v) is 15.2. The number of fused-ring (bicyclic) bond motifs is 3. The fourth-order valence-electron chi connectivity index (χ4n) is 3.91. The van der Waals surface area contributed by atoms with Crippen molar-refractivity contribution < 1.29 is 24.2 Å². The van der Waals surface area contributed by atoms with Crippen molar-refractivity contribution in [3.05, 3.63) is 59.7 Å². The van der Waals surface area contributed by atoms with E-state index < -0.39 is 18.0 Å². The third kappa shape index (κ3) is 3.19. The van der Waals surface area contributed by atoms with E-state index in [-0.39, 0.29) is 38.7 Å². The largest absolute Gasteiger partial charge is 0.474 e. The molecule has 7 nitrogen and oxygen atoms in total. The Bertz CT molecular complexity index is 888. The van der Waals surface area contributed by atoms with Crippen LogP contribution >= 0.6 is 0 Å². The summed E-state index contributed by atoms with van der Waals surface area (Å²) in [7, 11) is 0. The molecular formula is C21H20N2O5. The first-order chi connectivity index (χ1) is 13.6. The molecule has 1 heterocycles. The smallest absolute Gasteiger partial charge is 0.409 e. The van der Waals surface area contributed by atoms with Crippen molar-refractivity contribution in [1.82, 2.24) is 9.80 Å². The van der Waals surface area contributed by atoms with Crippen LogP contribution in [0.15, 0.2) is 48.5 Å². The van der Waals surface area contributed by atoms with Gasteiger partial charge in [0, 0.05) is 32.1 Å². The summed E-state index contributed by atoms with van der Waals surface area (Å²) in [4.78, 5) is 37.5. The Hall–Kier alpha value is -3.35. The topological polar surface area (TPSA) is 87.2 Å². The number of nitrogens with zero attached hydrogens (tertiary/aromatic N) is 2. The molecule has 2 aromatic carbocycles. The van der Waals surface area contributed by atoms with Gasteiger partial charge >= 0.3 is 18.0 Å². The number of aliphatic carboxylic acids is 1. The first kappa shape index (κ1) is 18.0. The molecule has 7 heteroatoms. The van der Waals surface area contributed by atoms with E-state index in [1.165, 1.54) is 20.9 Å². The van der Waals surface area contributed by atoms with E-state index in [2.05, 4.69) is 24.3 Å². The van der Waals surface area contributed by atoms with E-state index in [1.54, 1.807) is 0 Å². The summed E-state index contributed by atoms with van der Waals surface area (Å²) >= 11 is 0. The van der Waals surface area contributed by atoms with Crippen molar-refractivity contribution in [3.63, 3.8) is 0 Å². The summed E-state index contributed by atoms with van der Waals surface area (Å²) in [6, 6.07) is 16.2. The lowest BCUT2D eigenvalue weighted by atomic mass is 9.98. The van der Waals surface area contributed by atoms with Crippen molar-refractivity contribution in [2.24, 2.45) is 0 Å². The van der Waals surface area contributed by atoms with Crippen LogP contribution in [0.5, 0.6) is 0 Å². The van der Waals surface area contributed by atoms with Gasteiger partial charge < -0.3 is 19.6 Å². The number of piperazine rings is 1. The molecule has 0 spiro atoms. The van der Waals surface area contributed by atoms with Gasteiger partial charge in [-0.25, -0.2) is 9.59 Å². The standard InChI is InChI=1S/C21H20N2O5/c24-19(20(25)26)22-9-11-23(12-10-22)21(27)28-13-18-16-7-3-1-5-14(16)15-6-2-4-8-17(15)18/h1-8,18H,9-13H2,(H,25,26). The van der Waals surface area contributed by atoms with Crippen LogP contribution in [0.2, 0.25) is 0 Å². The molecular weight excluding hydrogens is 360 g/mol. The minimum atomic E-state index is -1.48. The molecule has 1 fully saturated rings. The van der Waals surface area contributed by atoms with Crippen LogP contribution in [-0.2, 0) is 14.3 Å². The molecule has 0 atom stereocenters. The van der Waals surface area contributed by atoms with Gasteiger partial charge in [0.1, 0.15) is 6.61 Å². The van der Waals surface area contributed by atoms with Crippen LogP contribution < -0.4 is 0 Å². The Morgan fingerprint density at radius 2 is 1.36 bits per heavy atom.